The molecule has 2 aromatic rings. The Kier molecular flexibility index (Phi) is 4.47. The van der Waals surface area contributed by atoms with Crippen LogP contribution in [0.2, 0.25) is 0 Å². The second-order valence-corrected chi connectivity index (χ2v) is 8.00. The van der Waals surface area contributed by atoms with Gasteiger partial charge in [0.25, 0.3) is 5.91 Å². The van der Waals surface area contributed by atoms with E-state index in [1.54, 1.807) is 18.3 Å². The minimum Gasteiger partial charge on any atom is -0.350 e. The van der Waals surface area contributed by atoms with Crippen molar-refractivity contribution < 1.29 is 14.4 Å². The van der Waals surface area contributed by atoms with Crippen LogP contribution in [0.15, 0.2) is 41.8 Å². The van der Waals surface area contributed by atoms with Crippen molar-refractivity contribution in [3.63, 3.8) is 0 Å². The number of benzene rings is 1. The van der Waals surface area contributed by atoms with Gasteiger partial charge < -0.3 is 10.6 Å². The first kappa shape index (κ1) is 17.7. The molecule has 2 heterocycles. The number of imide groups is 1. The standard InChI is InChI=1S/C20H21N3O3S/c1-13(17(24)21-12-14-6-3-2-4-7-14)23-18(25)20(22-19(23)26)10-5-8-16-15(20)9-11-27-16/h2-4,6-7,9,11,13H,5,8,10,12H2,1H3,(H,21,24)(H,22,26)/t13-,20+/m1/s1. The van der Waals surface area contributed by atoms with E-state index in [9.17, 15) is 14.4 Å². The van der Waals surface area contributed by atoms with E-state index >= 15 is 0 Å². The first-order chi connectivity index (χ1) is 13.0. The molecule has 6 nitrogen and oxygen atoms in total. The van der Waals surface area contributed by atoms with Gasteiger partial charge in [0.2, 0.25) is 5.91 Å². The number of thiophene rings is 1. The molecule has 4 rings (SSSR count). The van der Waals surface area contributed by atoms with E-state index in [0.717, 1.165) is 33.7 Å². The SMILES string of the molecule is C[C@H](C(=O)NCc1ccccc1)N1C(=O)N[C@]2(CCCc3sccc32)C1=O. The molecular weight excluding hydrogens is 362 g/mol. The number of hydrogen-bond acceptors (Lipinski definition) is 4. The van der Waals surface area contributed by atoms with Crippen LogP contribution in [0.3, 0.4) is 0 Å². The first-order valence-corrected chi connectivity index (χ1v) is 9.95. The van der Waals surface area contributed by atoms with Crippen LogP contribution in [-0.4, -0.2) is 28.8 Å². The number of hydrogen-bond donors (Lipinski definition) is 2. The molecule has 0 unspecified atom stereocenters. The Morgan fingerprint density at radius 2 is 2.07 bits per heavy atom. The highest BCUT2D eigenvalue weighted by molar-refractivity contribution is 7.10. The van der Waals surface area contributed by atoms with Crippen LogP contribution in [0.4, 0.5) is 4.79 Å². The van der Waals surface area contributed by atoms with E-state index in [-0.39, 0.29) is 11.8 Å². The predicted octanol–water partition coefficient (Wildman–Crippen LogP) is 2.54. The van der Waals surface area contributed by atoms with E-state index < -0.39 is 17.6 Å². The Hall–Kier alpha value is -2.67. The van der Waals surface area contributed by atoms with Crippen molar-refractivity contribution >= 4 is 29.2 Å². The molecular formula is C20H21N3O3S. The fourth-order valence-electron chi connectivity index (χ4n) is 3.91. The quantitative estimate of drug-likeness (QED) is 0.797. The van der Waals surface area contributed by atoms with Gasteiger partial charge in [-0.15, -0.1) is 11.3 Å². The van der Waals surface area contributed by atoms with Gasteiger partial charge in [-0.25, -0.2) is 9.69 Å². The van der Waals surface area contributed by atoms with Crippen molar-refractivity contribution in [2.45, 2.75) is 44.3 Å². The van der Waals surface area contributed by atoms with Crippen LogP contribution in [0.25, 0.3) is 0 Å². The third kappa shape index (κ3) is 2.92. The van der Waals surface area contributed by atoms with Crippen LogP contribution < -0.4 is 10.6 Å². The molecule has 1 spiro atoms. The van der Waals surface area contributed by atoms with Crippen molar-refractivity contribution in [2.75, 3.05) is 0 Å². The van der Waals surface area contributed by atoms with Crippen molar-refractivity contribution in [3.8, 4) is 0 Å². The lowest BCUT2D eigenvalue weighted by Crippen LogP contribution is -2.50. The summed E-state index contributed by atoms with van der Waals surface area (Å²) in [6.45, 7) is 1.95. The number of carbonyl (C=O) groups is 3. The lowest BCUT2D eigenvalue weighted by atomic mass is 9.80. The maximum Gasteiger partial charge on any atom is 0.326 e. The third-order valence-electron chi connectivity index (χ3n) is 5.36. The Labute approximate surface area is 161 Å². The minimum atomic E-state index is -1.02. The Balaban J connectivity index is 1.52. The number of aryl methyl sites for hydroxylation is 1. The molecule has 4 amide bonds. The van der Waals surface area contributed by atoms with E-state index in [2.05, 4.69) is 10.6 Å². The molecule has 27 heavy (non-hydrogen) atoms. The van der Waals surface area contributed by atoms with Gasteiger partial charge in [0.1, 0.15) is 11.6 Å². The summed E-state index contributed by atoms with van der Waals surface area (Å²) in [5.41, 5.74) is 0.831. The highest BCUT2D eigenvalue weighted by atomic mass is 32.1. The third-order valence-corrected chi connectivity index (χ3v) is 6.34. The zero-order chi connectivity index (χ0) is 19.0. The first-order valence-electron chi connectivity index (χ1n) is 9.07. The number of amides is 4. The van der Waals surface area contributed by atoms with Gasteiger partial charge in [0.15, 0.2) is 0 Å². The van der Waals surface area contributed by atoms with Crippen molar-refractivity contribution in [1.82, 2.24) is 15.5 Å². The van der Waals surface area contributed by atoms with Gasteiger partial charge >= 0.3 is 6.03 Å². The molecule has 0 bridgehead atoms. The predicted molar refractivity (Wildman–Crippen MR) is 102 cm³/mol. The fourth-order valence-corrected chi connectivity index (χ4v) is 4.91. The molecule has 0 radical (unpaired) electrons. The van der Waals surface area contributed by atoms with E-state index in [1.807, 2.05) is 41.8 Å². The van der Waals surface area contributed by atoms with Gasteiger partial charge in [-0.05, 0) is 43.2 Å². The molecule has 140 valence electrons. The summed E-state index contributed by atoms with van der Waals surface area (Å²) in [6.07, 6.45) is 2.32. The van der Waals surface area contributed by atoms with Crippen molar-refractivity contribution in [3.05, 3.63) is 57.8 Å². The Morgan fingerprint density at radius 1 is 1.30 bits per heavy atom. The normalized spacial score (nSPS) is 22.5. The largest absolute Gasteiger partial charge is 0.350 e. The topological polar surface area (TPSA) is 78.5 Å². The lowest BCUT2D eigenvalue weighted by molar-refractivity contribution is -0.138. The minimum absolute atomic E-state index is 0.325. The average molecular weight is 383 g/mol. The van der Waals surface area contributed by atoms with Crippen LogP contribution in [0.1, 0.15) is 35.8 Å². The van der Waals surface area contributed by atoms with Crippen molar-refractivity contribution in [2.24, 2.45) is 0 Å². The Morgan fingerprint density at radius 3 is 2.85 bits per heavy atom. The van der Waals surface area contributed by atoms with Crippen LogP contribution in [0, 0.1) is 0 Å². The second-order valence-electron chi connectivity index (χ2n) is 7.00. The molecule has 1 aromatic carbocycles. The molecule has 2 aliphatic rings. The summed E-state index contributed by atoms with van der Waals surface area (Å²) in [5.74, 6) is -0.671. The van der Waals surface area contributed by atoms with Crippen LogP contribution in [-0.2, 0) is 28.1 Å². The number of rotatable bonds is 4. The number of fused-ring (bicyclic) bond motifs is 2. The van der Waals surface area contributed by atoms with Gasteiger partial charge in [0, 0.05) is 17.0 Å². The number of urea groups is 1. The number of nitrogens with one attached hydrogen (secondary N) is 2. The second kappa shape index (κ2) is 6.81. The summed E-state index contributed by atoms with van der Waals surface area (Å²) >= 11 is 1.61. The highest BCUT2D eigenvalue weighted by Gasteiger charge is 2.56. The summed E-state index contributed by atoms with van der Waals surface area (Å²) in [4.78, 5) is 40.7. The summed E-state index contributed by atoms with van der Waals surface area (Å²) < 4.78 is 0. The molecule has 1 aliphatic heterocycles. The summed E-state index contributed by atoms with van der Waals surface area (Å²) in [5, 5.41) is 7.65. The molecule has 1 saturated heterocycles. The van der Waals surface area contributed by atoms with Gasteiger partial charge in [-0.3, -0.25) is 9.59 Å². The van der Waals surface area contributed by atoms with E-state index in [1.165, 1.54) is 0 Å². The van der Waals surface area contributed by atoms with Gasteiger partial charge in [0.05, 0.1) is 0 Å². The maximum absolute atomic E-state index is 13.2. The van der Waals surface area contributed by atoms with Crippen molar-refractivity contribution in [1.29, 1.82) is 0 Å². The van der Waals surface area contributed by atoms with Gasteiger partial charge in [-0.1, -0.05) is 30.3 Å². The zero-order valence-electron chi connectivity index (χ0n) is 15.0. The molecule has 2 N–H and O–H groups in total. The number of nitrogens with zero attached hydrogens (tertiary/aromatic N) is 1. The molecule has 2 atom stereocenters. The molecule has 1 aromatic heterocycles. The lowest BCUT2D eigenvalue weighted by Gasteiger charge is -2.31. The smallest absolute Gasteiger partial charge is 0.326 e. The zero-order valence-corrected chi connectivity index (χ0v) is 15.8. The molecule has 0 saturated carbocycles. The molecule has 1 aliphatic carbocycles. The summed E-state index contributed by atoms with van der Waals surface area (Å²) in [6, 6.07) is 10.1. The van der Waals surface area contributed by atoms with E-state index in [0.29, 0.717) is 13.0 Å². The molecule has 1 fully saturated rings. The van der Waals surface area contributed by atoms with Gasteiger partial charge in [-0.2, -0.15) is 0 Å². The highest BCUT2D eigenvalue weighted by Crippen LogP contribution is 2.42. The maximum atomic E-state index is 13.2. The number of carbonyl (C=O) groups excluding carboxylic acids is 3. The fraction of sp³-hybridized carbons (Fsp3) is 0.350. The van der Waals surface area contributed by atoms with E-state index in [4.69, 9.17) is 0 Å². The van der Waals surface area contributed by atoms with Crippen LogP contribution in [0.5, 0.6) is 0 Å². The summed E-state index contributed by atoms with van der Waals surface area (Å²) in [7, 11) is 0. The monoisotopic (exact) mass is 383 g/mol. The Bertz CT molecular complexity index is 895. The van der Waals surface area contributed by atoms with Crippen LogP contribution >= 0.6 is 11.3 Å². The molecule has 7 heteroatoms. The average Bonchev–Trinajstić information content (AvgIpc) is 3.25.